The van der Waals surface area contributed by atoms with Crippen LogP contribution in [-0.4, -0.2) is 2.14 Å². The van der Waals surface area contributed by atoms with Gasteiger partial charge in [0.2, 0.25) is 0 Å². The van der Waals surface area contributed by atoms with Gasteiger partial charge in [-0.25, -0.2) is 0 Å². The number of nitriles is 1. The Hall–Kier alpha value is 0.930. The van der Waals surface area contributed by atoms with Crippen LogP contribution in [0.3, 0.4) is 0 Å². The van der Waals surface area contributed by atoms with E-state index in [9.17, 15) is 0 Å². The van der Waals surface area contributed by atoms with Crippen LogP contribution in [0.1, 0.15) is 12.8 Å². The van der Waals surface area contributed by atoms with E-state index in [4.69, 9.17) is 5.26 Å². The molecule has 0 N–H and O–H groups in total. The molecule has 0 radical (unpaired) electrons. The highest BCUT2D eigenvalue weighted by atomic mass is 80.0. The van der Waals surface area contributed by atoms with Gasteiger partial charge in [-0.3, -0.25) is 0 Å². The Balaban J connectivity index is 3.28. The zero-order chi connectivity index (χ0) is 6.62. The first-order chi connectivity index (χ1) is 3.56. The summed E-state index contributed by atoms with van der Waals surface area (Å²) >= 11 is 9.79. The van der Waals surface area contributed by atoms with E-state index in [-0.39, 0.29) is 2.14 Å². The topological polar surface area (TPSA) is 23.8 Å². The van der Waals surface area contributed by atoms with E-state index in [2.05, 4.69) is 47.8 Å². The van der Waals surface area contributed by atoms with Crippen LogP contribution in [0.25, 0.3) is 0 Å². The zero-order valence-electron chi connectivity index (χ0n) is 4.00. The standard InChI is InChI=1S/C4H4Br3N/c5-4(6,7)2-1-3-8/h1-2H2. The van der Waals surface area contributed by atoms with E-state index in [1.807, 2.05) is 6.07 Å². The van der Waals surface area contributed by atoms with Gasteiger partial charge in [0, 0.05) is 6.42 Å². The Morgan fingerprint density at radius 2 is 1.88 bits per heavy atom. The smallest absolute Gasteiger partial charge is 0.136 e. The van der Waals surface area contributed by atoms with Gasteiger partial charge in [0.1, 0.15) is 2.14 Å². The maximum Gasteiger partial charge on any atom is 0.136 e. The quantitative estimate of drug-likeness (QED) is 0.683. The lowest BCUT2D eigenvalue weighted by Gasteiger charge is -2.06. The zero-order valence-corrected chi connectivity index (χ0v) is 8.75. The Kier molecular flexibility index (Phi) is 4.31. The van der Waals surface area contributed by atoms with Crippen LogP contribution in [0.5, 0.6) is 0 Å². The molecule has 0 bridgehead atoms. The van der Waals surface area contributed by atoms with Crippen molar-refractivity contribution in [1.29, 1.82) is 5.26 Å². The third-order valence-corrected chi connectivity index (χ3v) is 1.71. The van der Waals surface area contributed by atoms with Crippen LogP contribution >= 0.6 is 47.8 Å². The van der Waals surface area contributed by atoms with Gasteiger partial charge < -0.3 is 0 Å². The molecule has 0 spiro atoms. The molecule has 0 saturated heterocycles. The molecule has 0 rings (SSSR count). The van der Waals surface area contributed by atoms with Gasteiger partial charge in [-0.15, -0.1) is 0 Å². The van der Waals surface area contributed by atoms with Crippen molar-refractivity contribution in [1.82, 2.24) is 0 Å². The molecule has 0 aromatic heterocycles. The van der Waals surface area contributed by atoms with E-state index < -0.39 is 0 Å². The molecule has 0 aromatic rings. The first-order valence-electron chi connectivity index (χ1n) is 2.00. The number of nitrogens with zero attached hydrogens (tertiary/aromatic N) is 1. The summed E-state index contributed by atoms with van der Waals surface area (Å²) in [6.45, 7) is 0. The molecule has 0 saturated carbocycles. The fraction of sp³-hybridized carbons (Fsp3) is 0.750. The summed E-state index contributed by atoms with van der Waals surface area (Å²) in [7, 11) is 0. The van der Waals surface area contributed by atoms with Crippen molar-refractivity contribution in [2.24, 2.45) is 0 Å². The van der Waals surface area contributed by atoms with Crippen molar-refractivity contribution in [3.05, 3.63) is 0 Å². The van der Waals surface area contributed by atoms with Gasteiger partial charge in [-0.1, -0.05) is 47.8 Å². The summed E-state index contributed by atoms with van der Waals surface area (Å²) in [5.41, 5.74) is 0. The number of rotatable bonds is 1. The monoisotopic (exact) mass is 303 g/mol. The molecule has 0 aliphatic heterocycles. The van der Waals surface area contributed by atoms with Crippen molar-refractivity contribution >= 4 is 47.8 Å². The molecule has 1 nitrogen and oxygen atoms in total. The lowest BCUT2D eigenvalue weighted by Crippen LogP contribution is -1.96. The molecule has 46 valence electrons. The molecule has 4 heteroatoms. The normalized spacial score (nSPS) is 10.8. The van der Waals surface area contributed by atoms with E-state index >= 15 is 0 Å². The van der Waals surface area contributed by atoms with Gasteiger partial charge in [0.15, 0.2) is 0 Å². The SMILES string of the molecule is N#CCCC(Br)(Br)Br. The van der Waals surface area contributed by atoms with Crippen LogP contribution in [-0.2, 0) is 0 Å². The fourth-order valence-electron chi connectivity index (χ4n) is 0.198. The third kappa shape index (κ3) is 6.93. The molecular formula is C4H4Br3N. The first kappa shape index (κ1) is 8.93. The van der Waals surface area contributed by atoms with Crippen molar-refractivity contribution < 1.29 is 0 Å². The summed E-state index contributed by atoms with van der Waals surface area (Å²) in [6.07, 6.45) is 1.30. The number of hydrogen-bond donors (Lipinski definition) is 0. The van der Waals surface area contributed by atoms with Gasteiger partial charge in [-0.2, -0.15) is 5.26 Å². The van der Waals surface area contributed by atoms with Crippen molar-refractivity contribution in [2.45, 2.75) is 15.0 Å². The number of halogens is 3. The predicted octanol–water partition coefficient (Wildman–Crippen LogP) is 3.13. The highest BCUT2D eigenvalue weighted by Gasteiger charge is 2.15. The molecule has 0 fully saturated rings. The molecule has 0 aliphatic carbocycles. The Morgan fingerprint density at radius 1 is 1.38 bits per heavy atom. The van der Waals surface area contributed by atoms with Crippen molar-refractivity contribution in [2.75, 3.05) is 0 Å². The lowest BCUT2D eigenvalue weighted by molar-refractivity contribution is 0.941. The van der Waals surface area contributed by atoms with E-state index in [0.717, 1.165) is 6.42 Å². The summed E-state index contributed by atoms with van der Waals surface area (Å²) in [5.74, 6) is 0. The molecule has 0 amide bonds. The van der Waals surface area contributed by atoms with Crippen LogP contribution in [0, 0.1) is 11.3 Å². The maximum absolute atomic E-state index is 8.12. The van der Waals surface area contributed by atoms with Gasteiger partial charge in [0.05, 0.1) is 6.07 Å². The third-order valence-electron chi connectivity index (χ3n) is 0.520. The second-order valence-corrected chi connectivity index (χ2v) is 8.53. The predicted molar refractivity (Wildman–Crippen MR) is 44.4 cm³/mol. The van der Waals surface area contributed by atoms with Crippen molar-refractivity contribution in [3.8, 4) is 6.07 Å². The Labute approximate surface area is 73.8 Å². The van der Waals surface area contributed by atoms with E-state index in [1.165, 1.54) is 0 Å². The molecule has 8 heavy (non-hydrogen) atoms. The average molecular weight is 306 g/mol. The number of alkyl halides is 3. The number of hydrogen-bond acceptors (Lipinski definition) is 1. The summed E-state index contributed by atoms with van der Waals surface area (Å²) < 4.78 is -0.233. The molecule has 0 aromatic carbocycles. The van der Waals surface area contributed by atoms with Crippen LogP contribution < -0.4 is 0 Å². The minimum atomic E-state index is -0.233. The summed E-state index contributed by atoms with van der Waals surface area (Å²) in [6, 6.07) is 2.03. The maximum atomic E-state index is 8.12. The van der Waals surface area contributed by atoms with Gasteiger partial charge >= 0.3 is 0 Å². The van der Waals surface area contributed by atoms with Gasteiger partial charge in [-0.05, 0) is 6.42 Å². The molecule has 0 aliphatic rings. The highest BCUT2D eigenvalue weighted by molar-refractivity contribution is 9.39. The average Bonchev–Trinajstić information content (AvgIpc) is 1.59. The molecular weight excluding hydrogens is 302 g/mol. The molecule has 0 atom stereocenters. The Morgan fingerprint density at radius 3 is 2.00 bits per heavy atom. The summed E-state index contributed by atoms with van der Waals surface area (Å²) in [4.78, 5) is 0. The summed E-state index contributed by atoms with van der Waals surface area (Å²) in [5, 5.41) is 8.12. The fourth-order valence-corrected chi connectivity index (χ4v) is 0.792. The van der Waals surface area contributed by atoms with E-state index in [0.29, 0.717) is 6.42 Å². The molecule has 0 heterocycles. The van der Waals surface area contributed by atoms with Gasteiger partial charge in [0.25, 0.3) is 0 Å². The minimum absolute atomic E-state index is 0.233. The minimum Gasteiger partial charge on any atom is -0.198 e. The second kappa shape index (κ2) is 3.86. The highest BCUT2D eigenvalue weighted by Crippen LogP contribution is 2.37. The van der Waals surface area contributed by atoms with Crippen LogP contribution in [0.4, 0.5) is 0 Å². The Bertz CT molecular complexity index is 98.8. The first-order valence-corrected chi connectivity index (χ1v) is 4.38. The second-order valence-electron chi connectivity index (χ2n) is 1.27. The largest absolute Gasteiger partial charge is 0.198 e. The lowest BCUT2D eigenvalue weighted by atomic mass is 10.4. The van der Waals surface area contributed by atoms with Crippen molar-refractivity contribution in [3.63, 3.8) is 0 Å². The van der Waals surface area contributed by atoms with Crippen LogP contribution in [0.2, 0.25) is 0 Å². The molecule has 0 unspecified atom stereocenters. The van der Waals surface area contributed by atoms with Crippen LogP contribution in [0.15, 0.2) is 0 Å². The van der Waals surface area contributed by atoms with E-state index in [1.54, 1.807) is 0 Å².